The predicted octanol–water partition coefficient (Wildman–Crippen LogP) is 3.15. The second kappa shape index (κ2) is 8.06. The maximum Gasteiger partial charge on any atom is 0.263 e. The van der Waals surface area contributed by atoms with Crippen molar-refractivity contribution in [2.24, 2.45) is 5.92 Å². The highest BCUT2D eigenvalue weighted by molar-refractivity contribution is 5.88. The van der Waals surface area contributed by atoms with Crippen LogP contribution in [-0.4, -0.2) is 40.7 Å². The van der Waals surface area contributed by atoms with E-state index in [0.717, 1.165) is 49.2 Å². The molecule has 7 nitrogen and oxygen atoms in total. The van der Waals surface area contributed by atoms with Crippen LogP contribution in [0.15, 0.2) is 22.5 Å². The molecular formula is C20H27N5O2. The third kappa shape index (κ3) is 3.96. The second-order valence-corrected chi connectivity index (χ2v) is 7.58. The second-order valence-electron chi connectivity index (χ2n) is 7.58. The van der Waals surface area contributed by atoms with Crippen molar-refractivity contribution in [3.05, 3.63) is 23.7 Å². The summed E-state index contributed by atoms with van der Waals surface area (Å²) in [5.41, 5.74) is 2.79. The Hall–Kier alpha value is -2.44. The fraction of sp³-hybridized carbons (Fsp3) is 0.600. The summed E-state index contributed by atoms with van der Waals surface area (Å²) in [6.45, 7) is 4.19. The Morgan fingerprint density at radius 3 is 3.11 bits per heavy atom. The molecule has 2 aliphatic rings. The zero-order valence-corrected chi connectivity index (χ0v) is 15.9. The molecule has 0 spiro atoms. The van der Waals surface area contributed by atoms with E-state index in [9.17, 15) is 4.79 Å². The van der Waals surface area contributed by atoms with Crippen LogP contribution < -0.4 is 10.2 Å². The zero-order chi connectivity index (χ0) is 18.6. The summed E-state index contributed by atoms with van der Waals surface area (Å²) >= 11 is 0. The van der Waals surface area contributed by atoms with Crippen molar-refractivity contribution in [1.82, 2.24) is 20.4 Å². The molecule has 1 fully saturated rings. The van der Waals surface area contributed by atoms with E-state index < -0.39 is 0 Å². The number of allylic oxidation sites excluding steroid dienone is 1. The lowest BCUT2D eigenvalue weighted by atomic mass is 9.95. The summed E-state index contributed by atoms with van der Waals surface area (Å²) in [7, 11) is 0. The van der Waals surface area contributed by atoms with E-state index in [1.807, 2.05) is 6.92 Å². The molecule has 1 amide bonds. The number of fused-ring (bicyclic) bond motifs is 1. The minimum absolute atomic E-state index is 0.00994. The topological polar surface area (TPSA) is 84.2 Å². The molecule has 2 aromatic rings. The average Bonchev–Trinajstić information content (AvgIpc) is 3.10. The van der Waals surface area contributed by atoms with Crippen LogP contribution in [-0.2, 0) is 4.79 Å². The maximum absolute atomic E-state index is 12.7. The average molecular weight is 369 g/mol. The smallest absolute Gasteiger partial charge is 0.263 e. The highest BCUT2D eigenvalue weighted by atomic mass is 16.5. The van der Waals surface area contributed by atoms with E-state index in [1.165, 1.54) is 37.6 Å². The molecule has 1 N–H and O–H groups in total. The lowest BCUT2D eigenvalue weighted by Crippen LogP contribution is -2.43. The van der Waals surface area contributed by atoms with Gasteiger partial charge in [-0.25, -0.2) is 4.98 Å². The molecule has 3 heterocycles. The molecule has 7 heteroatoms. The highest BCUT2D eigenvalue weighted by Gasteiger charge is 2.28. The lowest BCUT2D eigenvalue weighted by molar-refractivity contribution is -0.125. The Kier molecular flexibility index (Phi) is 5.36. The molecule has 1 unspecified atom stereocenters. The van der Waals surface area contributed by atoms with Gasteiger partial charge in [-0.1, -0.05) is 16.8 Å². The van der Waals surface area contributed by atoms with Crippen molar-refractivity contribution in [2.45, 2.75) is 51.9 Å². The number of carbonyl (C=O) groups excluding carboxylic acids is 1. The first-order valence-corrected chi connectivity index (χ1v) is 10.00. The third-order valence-electron chi connectivity index (χ3n) is 5.65. The summed E-state index contributed by atoms with van der Waals surface area (Å²) in [4.78, 5) is 23.4. The molecule has 4 rings (SSSR count). The number of anilines is 1. The number of amides is 1. The van der Waals surface area contributed by atoms with Gasteiger partial charge in [0.2, 0.25) is 5.91 Å². The van der Waals surface area contributed by atoms with Crippen molar-refractivity contribution < 1.29 is 9.32 Å². The Morgan fingerprint density at radius 2 is 2.26 bits per heavy atom. The van der Waals surface area contributed by atoms with Crippen molar-refractivity contribution in [2.75, 3.05) is 24.5 Å². The quantitative estimate of drug-likeness (QED) is 0.815. The minimum Gasteiger partial charge on any atom is -0.355 e. The normalized spacial score (nSPS) is 20.6. The van der Waals surface area contributed by atoms with E-state index in [4.69, 9.17) is 4.52 Å². The minimum atomic E-state index is -0.00994. The van der Waals surface area contributed by atoms with Gasteiger partial charge in [0.05, 0.1) is 11.6 Å². The van der Waals surface area contributed by atoms with Crippen LogP contribution in [0.4, 0.5) is 5.82 Å². The summed E-state index contributed by atoms with van der Waals surface area (Å²) in [5.74, 6) is 0.969. The van der Waals surface area contributed by atoms with Crippen LogP contribution in [0, 0.1) is 12.8 Å². The molecule has 1 saturated heterocycles. The third-order valence-corrected chi connectivity index (χ3v) is 5.65. The van der Waals surface area contributed by atoms with E-state index in [2.05, 4.69) is 31.4 Å². The van der Waals surface area contributed by atoms with Gasteiger partial charge in [-0.2, -0.15) is 4.98 Å². The highest BCUT2D eigenvalue weighted by Crippen LogP contribution is 2.29. The molecule has 0 radical (unpaired) electrons. The van der Waals surface area contributed by atoms with Gasteiger partial charge in [-0.15, -0.1) is 0 Å². The van der Waals surface area contributed by atoms with Gasteiger partial charge in [0.1, 0.15) is 17.5 Å². The Morgan fingerprint density at radius 1 is 1.33 bits per heavy atom. The first-order valence-electron chi connectivity index (χ1n) is 10.00. The number of piperidine rings is 1. The molecular weight excluding hydrogens is 342 g/mol. The van der Waals surface area contributed by atoms with Gasteiger partial charge in [0, 0.05) is 19.6 Å². The standard InChI is InChI=1S/C20H27N5O2/c1-14-17-18(22-13-23-20(17)27-24-14)25-11-5-8-16(12-25)19(26)21-10-9-15-6-3-2-4-7-15/h6,13,16H,2-5,7-12H2,1H3,(H,21,26). The van der Waals surface area contributed by atoms with Gasteiger partial charge < -0.3 is 14.7 Å². The molecule has 2 aromatic heterocycles. The van der Waals surface area contributed by atoms with Crippen LogP contribution >= 0.6 is 0 Å². The summed E-state index contributed by atoms with van der Waals surface area (Å²) in [6, 6.07) is 0. The summed E-state index contributed by atoms with van der Waals surface area (Å²) in [5, 5.41) is 8.00. The number of carbonyl (C=O) groups is 1. The van der Waals surface area contributed by atoms with E-state index >= 15 is 0 Å². The van der Waals surface area contributed by atoms with Gasteiger partial charge in [0.15, 0.2) is 0 Å². The van der Waals surface area contributed by atoms with Crippen LogP contribution in [0.5, 0.6) is 0 Å². The molecule has 0 aromatic carbocycles. The maximum atomic E-state index is 12.7. The molecule has 27 heavy (non-hydrogen) atoms. The molecule has 0 saturated carbocycles. The van der Waals surface area contributed by atoms with E-state index in [1.54, 1.807) is 0 Å². The van der Waals surface area contributed by atoms with Gasteiger partial charge in [-0.05, 0) is 51.9 Å². The number of aryl methyl sites for hydroxylation is 1. The molecule has 144 valence electrons. The fourth-order valence-electron chi connectivity index (χ4n) is 4.15. The van der Waals surface area contributed by atoms with Gasteiger partial charge in [0.25, 0.3) is 5.71 Å². The Bertz CT molecular complexity index is 844. The molecule has 1 atom stereocenters. The van der Waals surface area contributed by atoms with Gasteiger partial charge in [-0.3, -0.25) is 4.79 Å². The van der Waals surface area contributed by atoms with Crippen LogP contribution in [0.3, 0.4) is 0 Å². The number of nitrogens with one attached hydrogen (secondary N) is 1. The van der Waals surface area contributed by atoms with Crippen molar-refractivity contribution in [1.29, 1.82) is 0 Å². The lowest BCUT2D eigenvalue weighted by Gasteiger charge is -2.33. The SMILES string of the molecule is Cc1noc2ncnc(N3CCCC(C(=O)NCCC4=CCCCC4)C3)c12. The number of aromatic nitrogens is 3. The number of hydrogen-bond donors (Lipinski definition) is 1. The van der Waals surface area contributed by atoms with Gasteiger partial charge >= 0.3 is 0 Å². The predicted molar refractivity (Wildman–Crippen MR) is 103 cm³/mol. The first kappa shape index (κ1) is 17.9. The van der Waals surface area contributed by atoms with Crippen molar-refractivity contribution in [3.63, 3.8) is 0 Å². The summed E-state index contributed by atoms with van der Waals surface area (Å²) < 4.78 is 5.25. The largest absolute Gasteiger partial charge is 0.355 e. The Balaban J connectivity index is 1.38. The zero-order valence-electron chi connectivity index (χ0n) is 15.9. The molecule has 1 aliphatic heterocycles. The number of nitrogens with zero attached hydrogens (tertiary/aromatic N) is 4. The first-order chi connectivity index (χ1) is 13.2. The van der Waals surface area contributed by atoms with Crippen LogP contribution in [0.25, 0.3) is 11.1 Å². The molecule has 0 bridgehead atoms. The number of rotatable bonds is 5. The number of hydrogen-bond acceptors (Lipinski definition) is 6. The van der Waals surface area contributed by atoms with Crippen LogP contribution in [0.1, 0.15) is 50.6 Å². The summed E-state index contributed by atoms with van der Waals surface area (Å²) in [6.07, 6.45) is 11.7. The van der Waals surface area contributed by atoms with Crippen molar-refractivity contribution in [3.8, 4) is 0 Å². The van der Waals surface area contributed by atoms with E-state index in [-0.39, 0.29) is 11.8 Å². The van der Waals surface area contributed by atoms with E-state index in [0.29, 0.717) is 12.3 Å². The Labute approximate surface area is 159 Å². The monoisotopic (exact) mass is 369 g/mol. The van der Waals surface area contributed by atoms with Crippen LogP contribution in [0.2, 0.25) is 0 Å². The molecule has 1 aliphatic carbocycles. The fourth-order valence-corrected chi connectivity index (χ4v) is 4.15. The van der Waals surface area contributed by atoms with Crippen molar-refractivity contribution >= 4 is 22.8 Å².